The molecule has 23 heavy (non-hydrogen) atoms. The Bertz CT molecular complexity index is 687. The molecular weight excluding hydrogens is 334 g/mol. The minimum absolute atomic E-state index is 0.0379. The van der Waals surface area contributed by atoms with Crippen LogP contribution in [0, 0.1) is 0 Å². The van der Waals surface area contributed by atoms with Crippen molar-refractivity contribution < 1.29 is 19.4 Å². The van der Waals surface area contributed by atoms with Gasteiger partial charge in [-0.15, -0.1) is 11.3 Å². The number of ether oxygens (including phenoxy) is 1. The standard InChI is InChI=1S/C16H17NO4S2/c1-3-6-12(18)17-15-13(16(20)21-4-2)14(19)11(23-15)9-10-7-5-8-22-10/h5,7-9,19H,3-4,6H2,1-2H3/b11-9-,17-15?. The molecule has 1 aliphatic heterocycles. The number of aliphatic hydroxyl groups excluding tert-OH is 1. The van der Waals surface area contributed by atoms with Crippen LogP contribution in [0.25, 0.3) is 6.08 Å². The highest BCUT2D eigenvalue weighted by molar-refractivity contribution is 8.18. The fourth-order valence-electron chi connectivity index (χ4n) is 1.88. The van der Waals surface area contributed by atoms with Crippen molar-refractivity contribution in [1.29, 1.82) is 0 Å². The second kappa shape index (κ2) is 8.12. The average molecular weight is 351 g/mol. The van der Waals surface area contributed by atoms with Crippen molar-refractivity contribution in [2.75, 3.05) is 6.61 Å². The second-order valence-corrected chi connectivity index (χ2v) is 6.64. The quantitative estimate of drug-likeness (QED) is 0.813. The molecule has 0 aromatic carbocycles. The lowest BCUT2D eigenvalue weighted by molar-refractivity contribution is -0.138. The maximum atomic E-state index is 12.1. The molecule has 5 nitrogen and oxygen atoms in total. The Morgan fingerprint density at radius 1 is 1.39 bits per heavy atom. The van der Waals surface area contributed by atoms with Crippen LogP contribution in [0.5, 0.6) is 0 Å². The van der Waals surface area contributed by atoms with Crippen molar-refractivity contribution >= 4 is 46.1 Å². The third-order valence-corrected chi connectivity index (χ3v) is 4.72. The second-order valence-electron chi connectivity index (χ2n) is 4.63. The predicted octanol–water partition coefficient (Wildman–Crippen LogP) is 3.94. The molecule has 0 spiro atoms. The molecule has 2 heterocycles. The Hall–Kier alpha value is -1.86. The van der Waals surface area contributed by atoms with Gasteiger partial charge in [-0.25, -0.2) is 9.79 Å². The van der Waals surface area contributed by atoms with Gasteiger partial charge < -0.3 is 9.84 Å². The van der Waals surface area contributed by atoms with E-state index < -0.39 is 5.97 Å². The smallest absolute Gasteiger partial charge is 0.344 e. The number of nitrogens with zero attached hydrogens (tertiary/aromatic N) is 1. The largest absolute Gasteiger partial charge is 0.506 e. The van der Waals surface area contributed by atoms with Crippen molar-refractivity contribution in [2.45, 2.75) is 26.7 Å². The summed E-state index contributed by atoms with van der Waals surface area (Å²) in [5, 5.41) is 12.5. The van der Waals surface area contributed by atoms with E-state index in [9.17, 15) is 14.7 Å². The molecule has 1 amide bonds. The minimum atomic E-state index is -0.671. The molecule has 2 rings (SSSR count). The van der Waals surface area contributed by atoms with Crippen LogP contribution in [0.2, 0.25) is 0 Å². The third-order valence-electron chi connectivity index (χ3n) is 2.88. The molecule has 1 aromatic rings. The minimum Gasteiger partial charge on any atom is -0.506 e. The molecule has 0 bridgehead atoms. The van der Waals surface area contributed by atoms with Crippen molar-refractivity contribution in [3.05, 3.63) is 38.6 Å². The van der Waals surface area contributed by atoms with Crippen LogP contribution in [-0.2, 0) is 14.3 Å². The Labute approximate surface area is 142 Å². The summed E-state index contributed by atoms with van der Waals surface area (Å²) in [5.74, 6) is -1.18. The fraction of sp³-hybridized carbons (Fsp3) is 0.312. The van der Waals surface area contributed by atoms with Crippen molar-refractivity contribution in [3.63, 3.8) is 0 Å². The number of hydrogen-bond donors (Lipinski definition) is 1. The zero-order valence-electron chi connectivity index (χ0n) is 12.9. The van der Waals surface area contributed by atoms with E-state index in [1.807, 2.05) is 24.4 Å². The molecular formula is C16H17NO4S2. The van der Waals surface area contributed by atoms with Crippen LogP contribution in [0.3, 0.4) is 0 Å². The number of esters is 1. The topological polar surface area (TPSA) is 76.0 Å². The number of hydrogen-bond acceptors (Lipinski definition) is 6. The van der Waals surface area contributed by atoms with Gasteiger partial charge in [-0.2, -0.15) is 0 Å². The molecule has 1 N–H and O–H groups in total. The van der Waals surface area contributed by atoms with Crippen LogP contribution in [-0.4, -0.2) is 28.6 Å². The van der Waals surface area contributed by atoms with Crippen LogP contribution in [0.4, 0.5) is 0 Å². The SMILES string of the molecule is CCCC(=O)N=C1S/C(=C\c2cccs2)C(O)=C1C(=O)OCC. The predicted molar refractivity (Wildman–Crippen MR) is 93.5 cm³/mol. The number of aliphatic hydroxyl groups is 1. The van der Waals surface area contributed by atoms with Gasteiger partial charge in [-0.3, -0.25) is 4.79 Å². The molecule has 1 aliphatic rings. The summed E-state index contributed by atoms with van der Waals surface area (Å²) in [7, 11) is 0. The van der Waals surface area contributed by atoms with Crippen LogP contribution < -0.4 is 0 Å². The number of aliphatic imine (C=N–C) groups is 1. The lowest BCUT2D eigenvalue weighted by atomic mass is 10.2. The van der Waals surface area contributed by atoms with Gasteiger partial charge in [-0.1, -0.05) is 24.8 Å². The van der Waals surface area contributed by atoms with E-state index in [0.29, 0.717) is 17.7 Å². The van der Waals surface area contributed by atoms with Crippen molar-refractivity contribution in [1.82, 2.24) is 0 Å². The van der Waals surface area contributed by atoms with E-state index in [4.69, 9.17) is 4.74 Å². The Morgan fingerprint density at radius 2 is 2.17 bits per heavy atom. The summed E-state index contributed by atoms with van der Waals surface area (Å²) in [6.45, 7) is 3.74. The highest BCUT2D eigenvalue weighted by atomic mass is 32.2. The normalized spacial score (nSPS) is 18.0. The van der Waals surface area contributed by atoms with E-state index in [0.717, 1.165) is 16.6 Å². The number of carbonyl (C=O) groups excluding carboxylic acids is 2. The zero-order chi connectivity index (χ0) is 16.8. The summed E-state index contributed by atoms with van der Waals surface area (Å²) in [6, 6.07) is 3.79. The van der Waals surface area contributed by atoms with E-state index in [1.165, 1.54) is 11.3 Å². The molecule has 0 fully saturated rings. The van der Waals surface area contributed by atoms with Gasteiger partial charge in [0.2, 0.25) is 5.91 Å². The first-order chi connectivity index (χ1) is 11.1. The summed E-state index contributed by atoms with van der Waals surface area (Å²) in [6.07, 6.45) is 2.73. The van der Waals surface area contributed by atoms with Gasteiger partial charge in [0.1, 0.15) is 16.4 Å². The van der Waals surface area contributed by atoms with Gasteiger partial charge in [0, 0.05) is 11.3 Å². The van der Waals surface area contributed by atoms with Crippen molar-refractivity contribution in [3.8, 4) is 0 Å². The van der Waals surface area contributed by atoms with Gasteiger partial charge in [-0.05, 0) is 30.9 Å². The molecule has 1 aromatic heterocycles. The van der Waals surface area contributed by atoms with Gasteiger partial charge in [0.15, 0.2) is 0 Å². The van der Waals surface area contributed by atoms with E-state index >= 15 is 0 Å². The number of carbonyl (C=O) groups is 2. The number of amides is 1. The fourth-order valence-corrected chi connectivity index (χ4v) is 3.63. The average Bonchev–Trinajstić information content (AvgIpc) is 3.09. The van der Waals surface area contributed by atoms with Crippen LogP contribution in [0.15, 0.2) is 38.7 Å². The summed E-state index contributed by atoms with van der Waals surface area (Å²) in [5.41, 5.74) is -0.0379. The molecule has 0 atom stereocenters. The Morgan fingerprint density at radius 3 is 2.78 bits per heavy atom. The molecule has 7 heteroatoms. The molecule has 0 saturated heterocycles. The summed E-state index contributed by atoms with van der Waals surface area (Å²) < 4.78 is 4.96. The highest BCUT2D eigenvalue weighted by Crippen LogP contribution is 2.39. The van der Waals surface area contributed by atoms with Gasteiger partial charge >= 0.3 is 5.97 Å². The monoisotopic (exact) mass is 351 g/mol. The third kappa shape index (κ3) is 4.33. The van der Waals surface area contributed by atoms with Crippen LogP contribution >= 0.6 is 23.1 Å². The number of rotatable bonds is 5. The summed E-state index contributed by atoms with van der Waals surface area (Å²) in [4.78, 5) is 29.2. The number of thioether (sulfide) groups is 1. The maximum absolute atomic E-state index is 12.1. The first-order valence-corrected chi connectivity index (χ1v) is 8.92. The van der Waals surface area contributed by atoms with Crippen molar-refractivity contribution in [2.24, 2.45) is 4.99 Å². The summed E-state index contributed by atoms with van der Waals surface area (Å²) >= 11 is 2.61. The molecule has 0 aliphatic carbocycles. The van der Waals surface area contributed by atoms with E-state index in [1.54, 1.807) is 13.0 Å². The van der Waals surface area contributed by atoms with Gasteiger partial charge in [0.05, 0.1) is 11.5 Å². The first kappa shape index (κ1) is 17.5. The first-order valence-electron chi connectivity index (χ1n) is 7.22. The lowest BCUT2D eigenvalue weighted by Gasteiger charge is -2.03. The zero-order valence-corrected chi connectivity index (χ0v) is 14.5. The van der Waals surface area contributed by atoms with Crippen LogP contribution in [0.1, 0.15) is 31.6 Å². The highest BCUT2D eigenvalue weighted by Gasteiger charge is 2.33. The van der Waals surface area contributed by atoms with Gasteiger partial charge in [0.25, 0.3) is 0 Å². The maximum Gasteiger partial charge on any atom is 0.344 e. The molecule has 0 radical (unpaired) electrons. The lowest BCUT2D eigenvalue weighted by Crippen LogP contribution is -2.14. The Kier molecular flexibility index (Phi) is 6.18. The Balaban J connectivity index is 2.40. The number of thiophene rings is 1. The molecule has 0 saturated carbocycles. The molecule has 122 valence electrons. The van der Waals surface area contributed by atoms with E-state index in [-0.39, 0.29) is 28.9 Å². The van der Waals surface area contributed by atoms with E-state index in [2.05, 4.69) is 4.99 Å². The molecule has 0 unspecified atom stereocenters.